The number of piperidine rings is 1. The van der Waals surface area contributed by atoms with Gasteiger partial charge in [-0.2, -0.15) is 0 Å². The zero-order chi connectivity index (χ0) is 20.0. The average Bonchev–Trinajstić information content (AvgIpc) is 2.64. The number of carbonyl (C=O) groups excluding carboxylic acids is 1. The topological polar surface area (TPSA) is 29.5 Å². The molecular formula is C25H33NO2. The van der Waals surface area contributed by atoms with Crippen molar-refractivity contribution < 1.29 is 9.53 Å². The number of rotatable bonds is 6. The van der Waals surface area contributed by atoms with Crippen molar-refractivity contribution in [3.63, 3.8) is 0 Å². The highest BCUT2D eigenvalue weighted by molar-refractivity contribution is 5.72. The summed E-state index contributed by atoms with van der Waals surface area (Å²) >= 11 is 0. The van der Waals surface area contributed by atoms with Crippen LogP contribution in [0.4, 0.5) is 0 Å². The molecule has 1 aliphatic heterocycles. The number of hydrogen-bond acceptors (Lipinski definition) is 3. The van der Waals surface area contributed by atoms with E-state index in [9.17, 15) is 4.79 Å². The van der Waals surface area contributed by atoms with Crippen LogP contribution in [0.3, 0.4) is 0 Å². The summed E-state index contributed by atoms with van der Waals surface area (Å²) in [5.41, 5.74) is 2.27. The van der Waals surface area contributed by atoms with Crippen LogP contribution in [0.15, 0.2) is 60.7 Å². The summed E-state index contributed by atoms with van der Waals surface area (Å²) in [4.78, 5) is 14.9. The molecule has 1 saturated heterocycles. The van der Waals surface area contributed by atoms with Crippen molar-refractivity contribution in [2.75, 3.05) is 13.1 Å². The van der Waals surface area contributed by atoms with Gasteiger partial charge in [-0.05, 0) is 70.0 Å². The fourth-order valence-corrected chi connectivity index (χ4v) is 4.26. The molecule has 2 aromatic carbocycles. The molecule has 1 heterocycles. The fourth-order valence-electron chi connectivity index (χ4n) is 4.26. The van der Waals surface area contributed by atoms with Gasteiger partial charge in [0, 0.05) is 6.04 Å². The van der Waals surface area contributed by atoms with Gasteiger partial charge >= 0.3 is 5.97 Å². The fraction of sp³-hybridized carbons (Fsp3) is 0.480. The predicted octanol–water partition coefficient (Wildman–Crippen LogP) is 4.89. The van der Waals surface area contributed by atoms with Crippen molar-refractivity contribution >= 4 is 5.97 Å². The normalized spacial score (nSPS) is 20.7. The standard InChI is InChI=1S/C25H33NO2/c1-25(2,3)28-24(27)19-26-16-10-15-22(17-20-11-6-4-7-12-20)23(26)18-21-13-8-5-9-14-21/h4-9,11-14,22-23H,10,15-19H2,1-3H3. The lowest BCUT2D eigenvalue weighted by Gasteiger charge is -2.41. The van der Waals surface area contributed by atoms with Crippen molar-refractivity contribution in [1.29, 1.82) is 0 Å². The number of carbonyl (C=O) groups is 1. The molecule has 0 amide bonds. The van der Waals surface area contributed by atoms with E-state index in [0.717, 1.165) is 25.8 Å². The van der Waals surface area contributed by atoms with Crippen LogP contribution in [0, 0.1) is 5.92 Å². The Kier molecular flexibility index (Phi) is 6.90. The molecule has 3 rings (SSSR count). The minimum absolute atomic E-state index is 0.120. The van der Waals surface area contributed by atoms with E-state index in [4.69, 9.17) is 4.74 Å². The molecule has 1 aliphatic rings. The highest BCUT2D eigenvalue weighted by Gasteiger charge is 2.33. The van der Waals surface area contributed by atoms with Gasteiger partial charge in [0.25, 0.3) is 0 Å². The molecule has 0 aromatic heterocycles. The summed E-state index contributed by atoms with van der Waals surface area (Å²) in [5.74, 6) is 0.421. The molecule has 0 radical (unpaired) electrons. The van der Waals surface area contributed by atoms with Crippen LogP contribution in [-0.4, -0.2) is 35.6 Å². The van der Waals surface area contributed by atoms with Gasteiger partial charge < -0.3 is 4.74 Å². The Balaban J connectivity index is 1.77. The van der Waals surface area contributed by atoms with Crippen LogP contribution in [0.25, 0.3) is 0 Å². The summed E-state index contributed by atoms with van der Waals surface area (Å²) in [7, 11) is 0. The van der Waals surface area contributed by atoms with Gasteiger partial charge in [-0.3, -0.25) is 9.69 Å². The number of hydrogen-bond donors (Lipinski definition) is 0. The first-order chi connectivity index (χ1) is 13.4. The van der Waals surface area contributed by atoms with Gasteiger partial charge in [-0.1, -0.05) is 60.7 Å². The molecule has 0 spiro atoms. The Hall–Kier alpha value is -2.13. The summed E-state index contributed by atoms with van der Waals surface area (Å²) < 4.78 is 5.61. The first kappa shape index (κ1) is 20.6. The van der Waals surface area contributed by atoms with Crippen molar-refractivity contribution in [2.45, 2.75) is 58.1 Å². The van der Waals surface area contributed by atoms with Gasteiger partial charge in [0.05, 0.1) is 6.54 Å². The first-order valence-corrected chi connectivity index (χ1v) is 10.4. The second-order valence-electron chi connectivity index (χ2n) is 8.91. The van der Waals surface area contributed by atoms with E-state index in [1.54, 1.807) is 0 Å². The third-order valence-corrected chi connectivity index (χ3v) is 5.41. The van der Waals surface area contributed by atoms with Crippen LogP contribution in [-0.2, 0) is 22.4 Å². The number of ether oxygens (including phenoxy) is 1. The van der Waals surface area contributed by atoms with Gasteiger partial charge in [-0.25, -0.2) is 0 Å². The number of benzene rings is 2. The smallest absolute Gasteiger partial charge is 0.320 e. The molecule has 0 aliphatic carbocycles. The van der Waals surface area contributed by atoms with Crippen LogP contribution >= 0.6 is 0 Å². The minimum Gasteiger partial charge on any atom is -0.459 e. The lowest BCUT2D eigenvalue weighted by Crippen LogP contribution is -2.50. The summed E-state index contributed by atoms with van der Waals surface area (Å²) in [6, 6.07) is 21.7. The average molecular weight is 380 g/mol. The van der Waals surface area contributed by atoms with Crippen LogP contribution < -0.4 is 0 Å². The van der Waals surface area contributed by atoms with Crippen molar-refractivity contribution in [3.05, 3.63) is 71.8 Å². The summed E-state index contributed by atoms with van der Waals surface area (Å²) in [5, 5.41) is 0. The van der Waals surface area contributed by atoms with Gasteiger partial charge in [-0.15, -0.1) is 0 Å². The van der Waals surface area contributed by atoms with Crippen LogP contribution in [0.2, 0.25) is 0 Å². The highest BCUT2D eigenvalue weighted by Crippen LogP contribution is 2.29. The van der Waals surface area contributed by atoms with Crippen LogP contribution in [0.1, 0.15) is 44.7 Å². The zero-order valence-electron chi connectivity index (χ0n) is 17.4. The van der Waals surface area contributed by atoms with E-state index in [1.165, 1.54) is 17.5 Å². The van der Waals surface area contributed by atoms with E-state index in [2.05, 4.69) is 65.6 Å². The van der Waals surface area contributed by atoms with Gasteiger partial charge in [0.2, 0.25) is 0 Å². The second-order valence-corrected chi connectivity index (χ2v) is 8.91. The molecule has 3 nitrogen and oxygen atoms in total. The monoisotopic (exact) mass is 379 g/mol. The lowest BCUT2D eigenvalue weighted by atomic mass is 9.81. The Morgan fingerprint density at radius 2 is 1.54 bits per heavy atom. The molecule has 2 unspecified atom stereocenters. The van der Waals surface area contributed by atoms with Crippen LogP contribution in [0.5, 0.6) is 0 Å². The maximum Gasteiger partial charge on any atom is 0.320 e. The Labute approximate surface area is 169 Å². The zero-order valence-corrected chi connectivity index (χ0v) is 17.4. The number of nitrogens with zero attached hydrogens (tertiary/aromatic N) is 1. The lowest BCUT2D eigenvalue weighted by molar-refractivity contribution is -0.157. The van der Waals surface area contributed by atoms with Crippen molar-refractivity contribution in [1.82, 2.24) is 4.90 Å². The molecule has 2 aromatic rings. The third kappa shape index (κ3) is 6.20. The molecular weight excluding hydrogens is 346 g/mol. The molecule has 0 N–H and O–H groups in total. The highest BCUT2D eigenvalue weighted by atomic mass is 16.6. The molecule has 28 heavy (non-hydrogen) atoms. The first-order valence-electron chi connectivity index (χ1n) is 10.4. The summed E-state index contributed by atoms with van der Waals surface area (Å²) in [6.07, 6.45) is 4.37. The van der Waals surface area contributed by atoms with E-state index in [0.29, 0.717) is 18.5 Å². The summed E-state index contributed by atoms with van der Waals surface area (Å²) in [6.45, 7) is 7.13. The maximum atomic E-state index is 12.5. The molecule has 2 atom stereocenters. The largest absolute Gasteiger partial charge is 0.459 e. The van der Waals surface area contributed by atoms with E-state index >= 15 is 0 Å². The van der Waals surface area contributed by atoms with E-state index < -0.39 is 5.60 Å². The van der Waals surface area contributed by atoms with Gasteiger partial charge in [0.1, 0.15) is 5.60 Å². The third-order valence-electron chi connectivity index (χ3n) is 5.41. The molecule has 0 bridgehead atoms. The van der Waals surface area contributed by atoms with E-state index in [-0.39, 0.29) is 5.97 Å². The number of esters is 1. The minimum atomic E-state index is -0.439. The Morgan fingerprint density at radius 3 is 2.11 bits per heavy atom. The molecule has 3 heteroatoms. The molecule has 1 fully saturated rings. The van der Waals surface area contributed by atoms with Crippen molar-refractivity contribution in [2.24, 2.45) is 5.92 Å². The predicted molar refractivity (Wildman–Crippen MR) is 114 cm³/mol. The molecule has 150 valence electrons. The second kappa shape index (κ2) is 9.38. The maximum absolute atomic E-state index is 12.5. The van der Waals surface area contributed by atoms with Gasteiger partial charge in [0.15, 0.2) is 0 Å². The van der Waals surface area contributed by atoms with Crippen molar-refractivity contribution in [3.8, 4) is 0 Å². The Morgan fingerprint density at radius 1 is 0.964 bits per heavy atom. The SMILES string of the molecule is CC(C)(C)OC(=O)CN1CCCC(Cc2ccccc2)C1Cc1ccccc1. The quantitative estimate of drug-likeness (QED) is 0.669. The van der Waals surface area contributed by atoms with E-state index in [1.807, 2.05) is 20.8 Å². The Bertz CT molecular complexity index is 736. The molecule has 0 saturated carbocycles. The number of likely N-dealkylation sites (tertiary alicyclic amines) is 1.